The largest absolute Gasteiger partial charge is 0.481 e. The van der Waals surface area contributed by atoms with Gasteiger partial charge in [0.2, 0.25) is 0 Å². The Kier molecular flexibility index (Phi) is 6.80. The predicted molar refractivity (Wildman–Crippen MR) is 72.4 cm³/mol. The van der Waals surface area contributed by atoms with Crippen molar-refractivity contribution < 1.29 is 24.2 Å². The first-order valence-corrected chi connectivity index (χ1v) is 6.73. The quantitative estimate of drug-likeness (QED) is 0.536. The van der Waals surface area contributed by atoms with Crippen LogP contribution in [-0.4, -0.2) is 45.8 Å². The van der Waals surface area contributed by atoms with Crippen molar-refractivity contribution in [2.24, 2.45) is 5.92 Å². The first-order valence-electron chi connectivity index (χ1n) is 6.73. The fourth-order valence-electron chi connectivity index (χ4n) is 1.82. The highest BCUT2D eigenvalue weighted by Crippen LogP contribution is 2.18. The van der Waals surface area contributed by atoms with Gasteiger partial charge < -0.3 is 14.6 Å². The lowest BCUT2D eigenvalue weighted by Crippen LogP contribution is -2.26. The summed E-state index contributed by atoms with van der Waals surface area (Å²) in [6.45, 7) is 4.35. The van der Waals surface area contributed by atoms with E-state index in [4.69, 9.17) is 14.6 Å². The van der Waals surface area contributed by atoms with E-state index in [1.807, 2.05) is 13.8 Å². The molecule has 1 rings (SSSR count). The predicted octanol–water partition coefficient (Wildman–Crippen LogP) is 1.03. The molecule has 8 nitrogen and oxygen atoms in total. The second-order valence-electron chi connectivity index (χ2n) is 4.95. The van der Waals surface area contributed by atoms with Crippen molar-refractivity contribution in [3.63, 3.8) is 0 Å². The molecule has 0 aliphatic carbocycles. The molecular formula is C13H21N3O5. The standard InChI is InChI=1S/C13H21N3O5/c1-9(2)12(13(19)20-3)16-7-10(14-15-16)8-21-6-4-5-11(17)18/h7,9,12H,4-6,8H2,1-3H3,(H,17,18). The van der Waals surface area contributed by atoms with Crippen LogP contribution >= 0.6 is 0 Å². The molecule has 0 saturated carbocycles. The van der Waals surface area contributed by atoms with Crippen LogP contribution < -0.4 is 0 Å². The van der Waals surface area contributed by atoms with Crippen LogP contribution in [0.25, 0.3) is 0 Å². The number of carboxylic acids is 1. The molecule has 1 unspecified atom stereocenters. The summed E-state index contributed by atoms with van der Waals surface area (Å²) in [5, 5.41) is 16.4. The Bertz CT molecular complexity index is 472. The third-order valence-electron chi connectivity index (χ3n) is 2.85. The molecule has 21 heavy (non-hydrogen) atoms. The normalized spacial score (nSPS) is 12.4. The Morgan fingerprint density at radius 1 is 1.43 bits per heavy atom. The van der Waals surface area contributed by atoms with Crippen molar-refractivity contribution in [1.82, 2.24) is 15.0 Å². The van der Waals surface area contributed by atoms with Crippen LogP contribution in [0.1, 0.15) is 38.4 Å². The van der Waals surface area contributed by atoms with Gasteiger partial charge in [0.05, 0.1) is 19.9 Å². The summed E-state index contributed by atoms with van der Waals surface area (Å²) < 4.78 is 11.5. The summed E-state index contributed by atoms with van der Waals surface area (Å²) in [4.78, 5) is 22.1. The average molecular weight is 299 g/mol. The zero-order chi connectivity index (χ0) is 15.8. The third-order valence-corrected chi connectivity index (χ3v) is 2.85. The summed E-state index contributed by atoms with van der Waals surface area (Å²) in [6, 6.07) is -0.525. The van der Waals surface area contributed by atoms with Gasteiger partial charge in [0.1, 0.15) is 5.69 Å². The second-order valence-corrected chi connectivity index (χ2v) is 4.95. The van der Waals surface area contributed by atoms with Gasteiger partial charge >= 0.3 is 11.9 Å². The SMILES string of the molecule is COC(=O)C(C(C)C)n1cc(COCCCC(=O)O)nn1. The molecule has 0 aromatic carbocycles. The van der Waals surface area contributed by atoms with E-state index in [1.165, 1.54) is 11.8 Å². The Labute approximate surface area is 123 Å². The van der Waals surface area contributed by atoms with Gasteiger partial charge in [-0.3, -0.25) is 4.79 Å². The van der Waals surface area contributed by atoms with Crippen LogP contribution in [0.3, 0.4) is 0 Å². The van der Waals surface area contributed by atoms with Crippen molar-refractivity contribution in [2.45, 2.75) is 39.3 Å². The minimum atomic E-state index is -0.845. The lowest BCUT2D eigenvalue weighted by molar-refractivity contribution is -0.146. The molecule has 0 saturated heterocycles. The monoisotopic (exact) mass is 299 g/mol. The molecule has 0 bridgehead atoms. The van der Waals surface area contributed by atoms with E-state index in [0.717, 1.165) is 0 Å². The number of carbonyl (C=O) groups excluding carboxylic acids is 1. The van der Waals surface area contributed by atoms with Gasteiger partial charge in [-0.2, -0.15) is 0 Å². The molecule has 1 atom stereocenters. The van der Waals surface area contributed by atoms with Crippen molar-refractivity contribution in [3.8, 4) is 0 Å². The summed E-state index contributed by atoms with van der Waals surface area (Å²) >= 11 is 0. The van der Waals surface area contributed by atoms with Gasteiger partial charge in [-0.1, -0.05) is 19.1 Å². The molecule has 118 valence electrons. The van der Waals surface area contributed by atoms with Crippen molar-refractivity contribution in [2.75, 3.05) is 13.7 Å². The molecule has 0 aliphatic heterocycles. The zero-order valence-corrected chi connectivity index (χ0v) is 12.5. The molecule has 1 N–H and O–H groups in total. The number of nitrogens with zero attached hydrogens (tertiary/aromatic N) is 3. The molecular weight excluding hydrogens is 278 g/mol. The van der Waals surface area contributed by atoms with E-state index >= 15 is 0 Å². The molecule has 0 radical (unpaired) electrons. The molecule has 0 aliphatic rings. The average Bonchev–Trinajstić information content (AvgIpc) is 2.86. The lowest BCUT2D eigenvalue weighted by atomic mass is 10.1. The minimum Gasteiger partial charge on any atom is -0.481 e. The number of hydrogen-bond acceptors (Lipinski definition) is 6. The number of rotatable bonds is 9. The van der Waals surface area contributed by atoms with Crippen LogP contribution in [0.4, 0.5) is 0 Å². The van der Waals surface area contributed by atoms with Crippen LogP contribution in [0.2, 0.25) is 0 Å². The first kappa shape index (κ1) is 17.1. The van der Waals surface area contributed by atoms with E-state index in [9.17, 15) is 9.59 Å². The molecule has 0 spiro atoms. The number of aliphatic carboxylic acids is 1. The topological polar surface area (TPSA) is 104 Å². The number of ether oxygens (including phenoxy) is 2. The van der Waals surface area contributed by atoms with Crippen LogP contribution in [0.15, 0.2) is 6.20 Å². The highest BCUT2D eigenvalue weighted by molar-refractivity contribution is 5.74. The smallest absolute Gasteiger partial charge is 0.330 e. The lowest BCUT2D eigenvalue weighted by Gasteiger charge is -2.17. The fourth-order valence-corrected chi connectivity index (χ4v) is 1.82. The van der Waals surface area contributed by atoms with Gasteiger partial charge in [-0.15, -0.1) is 5.10 Å². The Morgan fingerprint density at radius 3 is 2.71 bits per heavy atom. The van der Waals surface area contributed by atoms with Gasteiger partial charge in [0.25, 0.3) is 0 Å². The number of carboxylic acid groups (broad SMARTS) is 1. The van der Waals surface area contributed by atoms with Crippen LogP contribution in [-0.2, 0) is 25.7 Å². The van der Waals surface area contributed by atoms with Gasteiger partial charge in [-0.05, 0) is 12.3 Å². The van der Waals surface area contributed by atoms with E-state index < -0.39 is 12.0 Å². The Balaban J connectivity index is 2.51. The van der Waals surface area contributed by atoms with E-state index in [0.29, 0.717) is 18.7 Å². The van der Waals surface area contributed by atoms with E-state index in [2.05, 4.69) is 10.3 Å². The maximum Gasteiger partial charge on any atom is 0.330 e. The summed E-state index contributed by atoms with van der Waals surface area (Å²) in [5.41, 5.74) is 0.583. The summed E-state index contributed by atoms with van der Waals surface area (Å²) in [6.07, 6.45) is 2.16. The highest BCUT2D eigenvalue weighted by Gasteiger charge is 2.26. The molecule has 1 heterocycles. The molecule has 8 heteroatoms. The number of esters is 1. The van der Waals surface area contributed by atoms with Crippen molar-refractivity contribution in [3.05, 3.63) is 11.9 Å². The van der Waals surface area contributed by atoms with Crippen molar-refractivity contribution in [1.29, 1.82) is 0 Å². The zero-order valence-electron chi connectivity index (χ0n) is 12.5. The van der Waals surface area contributed by atoms with Crippen LogP contribution in [0, 0.1) is 5.92 Å². The summed E-state index contributed by atoms with van der Waals surface area (Å²) in [7, 11) is 1.33. The molecule has 0 fully saturated rings. The first-order chi connectivity index (χ1) is 9.95. The second kappa shape index (κ2) is 8.35. The molecule has 1 aromatic rings. The maximum atomic E-state index is 11.7. The molecule has 0 amide bonds. The van der Waals surface area contributed by atoms with E-state index in [-0.39, 0.29) is 24.9 Å². The number of aromatic nitrogens is 3. The van der Waals surface area contributed by atoms with Crippen LogP contribution in [0.5, 0.6) is 0 Å². The Hall–Kier alpha value is -1.96. The highest BCUT2D eigenvalue weighted by atomic mass is 16.5. The van der Waals surface area contributed by atoms with Gasteiger partial charge in [-0.25, -0.2) is 9.48 Å². The minimum absolute atomic E-state index is 0.0171. The number of carbonyl (C=O) groups is 2. The van der Waals surface area contributed by atoms with E-state index in [1.54, 1.807) is 6.20 Å². The summed E-state index contributed by atoms with van der Waals surface area (Å²) in [5.74, 6) is -1.20. The number of hydrogen-bond donors (Lipinski definition) is 1. The fraction of sp³-hybridized carbons (Fsp3) is 0.692. The molecule has 1 aromatic heterocycles. The maximum absolute atomic E-state index is 11.7. The van der Waals surface area contributed by atoms with Crippen molar-refractivity contribution >= 4 is 11.9 Å². The number of methoxy groups -OCH3 is 1. The third kappa shape index (κ3) is 5.50. The Morgan fingerprint density at radius 2 is 2.14 bits per heavy atom. The van der Waals surface area contributed by atoms with Gasteiger partial charge in [0, 0.05) is 13.0 Å². The van der Waals surface area contributed by atoms with Gasteiger partial charge in [0.15, 0.2) is 6.04 Å².